The minimum Gasteiger partial charge on any atom is -0.396 e. The molecule has 0 spiro atoms. The SMILES string of the molecule is CCNC(=NCC(CC)(CC)CCO)NCCc1ccc(NC(C)=O)cc1. The van der Waals surface area contributed by atoms with Crippen LogP contribution in [0, 0.1) is 5.41 Å². The zero-order valence-electron chi connectivity index (χ0n) is 17.3. The van der Waals surface area contributed by atoms with Gasteiger partial charge in [0.25, 0.3) is 0 Å². The molecule has 1 aromatic rings. The molecule has 27 heavy (non-hydrogen) atoms. The second kappa shape index (κ2) is 12.3. The summed E-state index contributed by atoms with van der Waals surface area (Å²) in [6.07, 6.45) is 3.67. The molecule has 1 aromatic carbocycles. The number of hydrogen-bond acceptors (Lipinski definition) is 3. The third-order valence-corrected chi connectivity index (χ3v) is 5.04. The Bertz CT molecular complexity index is 580. The van der Waals surface area contributed by atoms with Crippen LogP contribution in [0.1, 0.15) is 52.5 Å². The van der Waals surface area contributed by atoms with E-state index in [1.165, 1.54) is 12.5 Å². The lowest BCUT2D eigenvalue weighted by Gasteiger charge is -2.29. The highest BCUT2D eigenvalue weighted by molar-refractivity contribution is 5.88. The number of benzene rings is 1. The predicted molar refractivity (Wildman–Crippen MR) is 113 cm³/mol. The van der Waals surface area contributed by atoms with E-state index < -0.39 is 0 Å². The zero-order chi connectivity index (χ0) is 20.1. The van der Waals surface area contributed by atoms with Gasteiger partial charge >= 0.3 is 0 Å². The maximum atomic E-state index is 11.1. The summed E-state index contributed by atoms with van der Waals surface area (Å²) in [7, 11) is 0. The highest BCUT2D eigenvalue weighted by Gasteiger charge is 2.25. The lowest BCUT2D eigenvalue weighted by atomic mass is 9.79. The van der Waals surface area contributed by atoms with Gasteiger partial charge in [0, 0.05) is 38.9 Å². The van der Waals surface area contributed by atoms with E-state index >= 15 is 0 Å². The lowest BCUT2D eigenvalue weighted by Crippen LogP contribution is -2.39. The van der Waals surface area contributed by atoms with Crippen molar-refractivity contribution in [2.75, 3.05) is 31.6 Å². The Labute approximate surface area is 163 Å². The van der Waals surface area contributed by atoms with Crippen LogP contribution in [0.2, 0.25) is 0 Å². The number of carbonyl (C=O) groups is 1. The first-order valence-corrected chi connectivity index (χ1v) is 9.98. The van der Waals surface area contributed by atoms with Gasteiger partial charge in [-0.2, -0.15) is 0 Å². The van der Waals surface area contributed by atoms with Crippen LogP contribution in [0.3, 0.4) is 0 Å². The summed E-state index contributed by atoms with van der Waals surface area (Å²) in [5.41, 5.74) is 2.08. The van der Waals surface area contributed by atoms with Gasteiger partial charge in [-0.15, -0.1) is 0 Å². The van der Waals surface area contributed by atoms with E-state index in [9.17, 15) is 9.90 Å². The number of hydrogen-bond donors (Lipinski definition) is 4. The highest BCUT2D eigenvalue weighted by atomic mass is 16.3. The largest absolute Gasteiger partial charge is 0.396 e. The van der Waals surface area contributed by atoms with E-state index in [1.807, 2.05) is 24.3 Å². The summed E-state index contributed by atoms with van der Waals surface area (Å²) in [4.78, 5) is 15.8. The monoisotopic (exact) mass is 376 g/mol. The Balaban J connectivity index is 2.60. The molecule has 1 rings (SSSR count). The number of guanidine groups is 1. The molecule has 0 atom stereocenters. The Morgan fingerprint density at radius 1 is 1.11 bits per heavy atom. The normalized spacial score (nSPS) is 12.0. The van der Waals surface area contributed by atoms with Crippen LogP contribution in [-0.4, -0.2) is 43.2 Å². The van der Waals surface area contributed by atoms with Gasteiger partial charge in [0.2, 0.25) is 5.91 Å². The van der Waals surface area contributed by atoms with E-state index in [1.54, 1.807) is 0 Å². The average molecular weight is 377 g/mol. The fourth-order valence-corrected chi connectivity index (χ4v) is 3.02. The van der Waals surface area contributed by atoms with Crippen molar-refractivity contribution in [2.45, 2.75) is 53.4 Å². The van der Waals surface area contributed by atoms with E-state index in [0.29, 0.717) is 6.54 Å². The number of aliphatic hydroxyl groups excluding tert-OH is 1. The molecule has 0 radical (unpaired) electrons. The van der Waals surface area contributed by atoms with Crippen LogP contribution in [0.4, 0.5) is 5.69 Å². The van der Waals surface area contributed by atoms with Gasteiger partial charge in [-0.25, -0.2) is 0 Å². The fourth-order valence-electron chi connectivity index (χ4n) is 3.02. The Morgan fingerprint density at radius 2 is 1.78 bits per heavy atom. The van der Waals surface area contributed by atoms with Crippen molar-refractivity contribution < 1.29 is 9.90 Å². The number of aliphatic hydroxyl groups is 1. The molecule has 0 aliphatic heterocycles. The summed E-state index contributed by atoms with van der Waals surface area (Å²) in [6, 6.07) is 7.89. The summed E-state index contributed by atoms with van der Waals surface area (Å²) in [6.45, 7) is 10.4. The maximum Gasteiger partial charge on any atom is 0.221 e. The minimum atomic E-state index is -0.0626. The molecule has 0 heterocycles. The summed E-state index contributed by atoms with van der Waals surface area (Å²) in [5, 5.41) is 18.8. The molecule has 4 N–H and O–H groups in total. The van der Waals surface area contributed by atoms with Crippen LogP contribution >= 0.6 is 0 Å². The summed E-state index contributed by atoms with van der Waals surface area (Å²) >= 11 is 0. The fraction of sp³-hybridized carbons (Fsp3) is 0.619. The molecular formula is C21H36N4O2. The van der Waals surface area contributed by atoms with E-state index in [0.717, 1.165) is 50.4 Å². The number of rotatable bonds is 11. The summed E-state index contributed by atoms with van der Waals surface area (Å²) in [5.74, 6) is 0.754. The molecule has 0 saturated heterocycles. The zero-order valence-corrected chi connectivity index (χ0v) is 17.3. The first-order valence-electron chi connectivity index (χ1n) is 9.98. The number of carbonyl (C=O) groups excluding carboxylic acids is 1. The molecule has 1 amide bonds. The highest BCUT2D eigenvalue weighted by Crippen LogP contribution is 2.30. The Morgan fingerprint density at radius 3 is 2.30 bits per heavy atom. The van der Waals surface area contributed by atoms with Crippen molar-refractivity contribution in [1.29, 1.82) is 0 Å². The van der Waals surface area contributed by atoms with Crippen molar-refractivity contribution in [2.24, 2.45) is 10.4 Å². The second-order valence-corrected chi connectivity index (χ2v) is 6.93. The van der Waals surface area contributed by atoms with Crippen molar-refractivity contribution in [3.05, 3.63) is 29.8 Å². The smallest absolute Gasteiger partial charge is 0.221 e. The van der Waals surface area contributed by atoms with Gasteiger partial charge in [-0.1, -0.05) is 26.0 Å². The van der Waals surface area contributed by atoms with Crippen LogP contribution < -0.4 is 16.0 Å². The molecule has 0 bridgehead atoms. The molecule has 152 valence electrons. The third kappa shape index (κ3) is 8.43. The first kappa shape index (κ1) is 23.0. The minimum absolute atomic E-state index is 0.0626. The van der Waals surface area contributed by atoms with Gasteiger partial charge in [0.05, 0.1) is 0 Å². The van der Waals surface area contributed by atoms with Crippen molar-refractivity contribution in [3.63, 3.8) is 0 Å². The number of nitrogens with zero attached hydrogens (tertiary/aromatic N) is 1. The van der Waals surface area contributed by atoms with Crippen molar-refractivity contribution in [3.8, 4) is 0 Å². The maximum absolute atomic E-state index is 11.1. The van der Waals surface area contributed by atoms with Gasteiger partial charge in [-0.05, 0) is 55.7 Å². The van der Waals surface area contributed by atoms with Crippen LogP contribution in [0.5, 0.6) is 0 Å². The lowest BCUT2D eigenvalue weighted by molar-refractivity contribution is -0.114. The second-order valence-electron chi connectivity index (χ2n) is 6.93. The predicted octanol–water partition coefficient (Wildman–Crippen LogP) is 2.93. The van der Waals surface area contributed by atoms with Gasteiger partial charge in [-0.3, -0.25) is 9.79 Å². The molecule has 0 aliphatic rings. The third-order valence-electron chi connectivity index (χ3n) is 5.04. The van der Waals surface area contributed by atoms with Crippen LogP contribution in [-0.2, 0) is 11.2 Å². The van der Waals surface area contributed by atoms with Crippen molar-refractivity contribution in [1.82, 2.24) is 10.6 Å². The molecule has 0 unspecified atom stereocenters. The number of amides is 1. The topological polar surface area (TPSA) is 85.8 Å². The van der Waals surface area contributed by atoms with Gasteiger partial charge < -0.3 is 21.1 Å². The number of anilines is 1. The molecule has 0 aliphatic carbocycles. The van der Waals surface area contributed by atoms with Gasteiger partial charge in [0.1, 0.15) is 0 Å². The van der Waals surface area contributed by atoms with Crippen LogP contribution in [0.15, 0.2) is 29.3 Å². The standard InChI is InChI=1S/C21H36N4O2/c1-5-21(6-2,13-15-26)16-24-20(22-7-3)23-14-12-18-8-10-19(11-9-18)25-17(4)27/h8-11,26H,5-7,12-16H2,1-4H3,(H,25,27)(H2,22,23,24). The molecule has 6 nitrogen and oxygen atoms in total. The van der Waals surface area contributed by atoms with Gasteiger partial charge in [0.15, 0.2) is 5.96 Å². The van der Waals surface area contributed by atoms with Crippen LogP contribution in [0.25, 0.3) is 0 Å². The molecular weight excluding hydrogens is 340 g/mol. The quantitative estimate of drug-likeness (QED) is 0.353. The van der Waals surface area contributed by atoms with E-state index in [-0.39, 0.29) is 17.9 Å². The van der Waals surface area contributed by atoms with Crippen molar-refractivity contribution >= 4 is 17.6 Å². The van der Waals surface area contributed by atoms with E-state index in [4.69, 9.17) is 4.99 Å². The molecule has 0 fully saturated rings. The number of nitrogens with one attached hydrogen (secondary N) is 3. The van der Waals surface area contributed by atoms with E-state index in [2.05, 4.69) is 36.7 Å². The first-order chi connectivity index (χ1) is 13.0. The Hall–Kier alpha value is -2.08. The Kier molecular flexibility index (Phi) is 10.5. The molecule has 0 saturated carbocycles. The molecule has 6 heteroatoms. The molecule has 0 aromatic heterocycles. The summed E-state index contributed by atoms with van der Waals surface area (Å²) < 4.78 is 0. The average Bonchev–Trinajstić information content (AvgIpc) is 2.66. The number of aliphatic imine (C=N–C) groups is 1.